The summed E-state index contributed by atoms with van der Waals surface area (Å²) in [6.07, 6.45) is -2.05. The lowest BCUT2D eigenvalue weighted by atomic mass is 10.2. The number of carbonyl (C=O) groups is 3. The van der Waals surface area contributed by atoms with E-state index in [4.69, 9.17) is 4.74 Å². The molecule has 0 aliphatic carbocycles. The van der Waals surface area contributed by atoms with Gasteiger partial charge in [-0.05, 0) is 12.5 Å². The van der Waals surface area contributed by atoms with Gasteiger partial charge in [0.2, 0.25) is 0 Å². The Hall–Kier alpha value is -2.21. The number of amides is 3. The molecule has 3 amide bonds. The number of imide groups is 3. The topological polar surface area (TPSA) is 80.7 Å². The maximum Gasteiger partial charge on any atom is 0.535 e. The second-order valence-corrected chi connectivity index (χ2v) is 4.83. The molecule has 1 saturated heterocycles. The molecule has 6 nitrogen and oxygen atoms in total. The number of carbonyl (C=O) groups excluding carboxylic acids is 2. The van der Waals surface area contributed by atoms with E-state index in [2.05, 4.69) is 0 Å². The second-order valence-electron chi connectivity index (χ2n) is 4.83. The fraction of sp³-hybridized carbons (Fsp3) is 0.357. The first kappa shape index (κ1) is 14.2. The van der Waals surface area contributed by atoms with E-state index in [0.717, 1.165) is 5.56 Å². The van der Waals surface area contributed by atoms with Crippen LogP contribution in [0.25, 0.3) is 0 Å². The number of quaternary nitrogens is 1. The van der Waals surface area contributed by atoms with Crippen LogP contribution in [0.2, 0.25) is 0 Å². The largest absolute Gasteiger partial charge is 0.535 e. The lowest BCUT2D eigenvalue weighted by Gasteiger charge is -2.25. The van der Waals surface area contributed by atoms with Crippen molar-refractivity contribution in [2.24, 2.45) is 0 Å². The molecule has 2 atom stereocenters. The quantitative estimate of drug-likeness (QED) is 0.841. The normalized spacial score (nSPS) is 25.4. The van der Waals surface area contributed by atoms with Crippen molar-refractivity contribution in [1.29, 1.82) is 0 Å². The summed E-state index contributed by atoms with van der Waals surface area (Å²) in [7, 11) is 0. The number of hydrogen-bond acceptors (Lipinski definition) is 4. The molecule has 1 aliphatic heterocycles. The summed E-state index contributed by atoms with van der Waals surface area (Å²) in [5, 5.41) is 9.32. The van der Waals surface area contributed by atoms with Crippen LogP contribution >= 0.6 is 0 Å². The van der Waals surface area contributed by atoms with E-state index in [1.807, 2.05) is 6.07 Å². The first-order valence-electron chi connectivity index (χ1n) is 6.36. The number of benzene rings is 1. The number of ether oxygens (including phenoxy) is 1. The monoisotopic (exact) mass is 278 g/mol. The number of nitrogens with zero attached hydrogens (tertiary/aromatic N) is 1. The van der Waals surface area contributed by atoms with Crippen molar-refractivity contribution >= 4 is 18.1 Å². The predicted octanol–water partition coefficient (Wildman–Crippen LogP) is 2.53. The molecule has 1 heterocycles. The first-order chi connectivity index (χ1) is 9.49. The van der Waals surface area contributed by atoms with Gasteiger partial charge in [0, 0.05) is 6.42 Å². The molecule has 106 valence electrons. The lowest BCUT2D eigenvalue weighted by Crippen LogP contribution is -2.61. The van der Waals surface area contributed by atoms with Crippen LogP contribution < -0.4 is 0 Å². The van der Waals surface area contributed by atoms with Crippen molar-refractivity contribution in [3.63, 3.8) is 0 Å². The molecule has 1 aromatic rings. The van der Waals surface area contributed by atoms with Crippen LogP contribution in [-0.4, -0.2) is 33.7 Å². The van der Waals surface area contributed by atoms with Crippen LogP contribution in [0.15, 0.2) is 30.3 Å². The van der Waals surface area contributed by atoms with Gasteiger partial charge >= 0.3 is 18.1 Å². The highest BCUT2D eigenvalue weighted by atomic mass is 16.6. The van der Waals surface area contributed by atoms with Gasteiger partial charge in [0.15, 0.2) is 0 Å². The van der Waals surface area contributed by atoms with Gasteiger partial charge in [-0.15, -0.1) is 0 Å². The predicted molar refractivity (Wildman–Crippen MR) is 68.6 cm³/mol. The number of hydrogen-bond donors (Lipinski definition) is 1. The van der Waals surface area contributed by atoms with E-state index in [0.29, 0.717) is 6.42 Å². The average molecular weight is 278 g/mol. The minimum absolute atomic E-state index is 0.0487. The summed E-state index contributed by atoms with van der Waals surface area (Å²) in [6, 6.07) is 8.30. The number of carboxylic acid groups (broad SMARTS) is 1. The first-order valence-corrected chi connectivity index (χ1v) is 6.36. The smallest absolute Gasteiger partial charge is 0.435 e. The standard InChI is InChI=1S/C14H15NO5/c1-10-7-8-12(16)15(10,13(17)18)14(19)20-9-11-5-3-2-4-6-11/h2-6,10H,7-9H2,1H3/p+1/t10-,15?/m1/s1. The van der Waals surface area contributed by atoms with Crippen molar-refractivity contribution in [1.82, 2.24) is 0 Å². The van der Waals surface area contributed by atoms with Gasteiger partial charge in [0.05, 0.1) is 6.42 Å². The number of rotatable bonds is 2. The van der Waals surface area contributed by atoms with Crippen LogP contribution in [0, 0.1) is 0 Å². The summed E-state index contributed by atoms with van der Waals surface area (Å²) in [5.74, 6) is -0.622. The maximum absolute atomic E-state index is 12.2. The summed E-state index contributed by atoms with van der Waals surface area (Å²) < 4.78 is 3.79. The second kappa shape index (κ2) is 5.42. The Bertz CT molecular complexity index is 542. The van der Waals surface area contributed by atoms with Gasteiger partial charge in [-0.3, -0.25) is 0 Å². The maximum atomic E-state index is 12.2. The highest BCUT2D eigenvalue weighted by Gasteiger charge is 2.62. The van der Waals surface area contributed by atoms with Crippen molar-refractivity contribution in [2.75, 3.05) is 0 Å². The van der Waals surface area contributed by atoms with E-state index in [1.165, 1.54) is 0 Å². The highest BCUT2D eigenvalue weighted by Crippen LogP contribution is 2.30. The Morgan fingerprint density at radius 1 is 1.35 bits per heavy atom. The van der Waals surface area contributed by atoms with Gasteiger partial charge in [-0.2, -0.15) is 9.59 Å². The van der Waals surface area contributed by atoms with Crippen LogP contribution in [0.1, 0.15) is 25.3 Å². The molecular weight excluding hydrogens is 262 g/mol. The van der Waals surface area contributed by atoms with Gasteiger partial charge in [-0.25, -0.2) is 4.79 Å². The third-order valence-electron chi connectivity index (χ3n) is 3.63. The van der Waals surface area contributed by atoms with Crippen molar-refractivity contribution in [2.45, 2.75) is 32.4 Å². The van der Waals surface area contributed by atoms with Crippen molar-refractivity contribution in [3.05, 3.63) is 35.9 Å². The summed E-state index contributed by atoms with van der Waals surface area (Å²) in [6.45, 7) is 1.52. The lowest BCUT2D eigenvalue weighted by molar-refractivity contribution is -0.724. The van der Waals surface area contributed by atoms with Gasteiger partial charge in [0.25, 0.3) is 0 Å². The van der Waals surface area contributed by atoms with E-state index >= 15 is 0 Å². The molecule has 1 aliphatic rings. The van der Waals surface area contributed by atoms with Gasteiger partial charge < -0.3 is 9.84 Å². The molecule has 0 bridgehead atoms. The van der Waals surface area contributed by atoms with E-state index < -0.39 is 28.6 Å². The zero-order valence-electron chi connectivity index (χ0n) is 11.1. The molecule has 2 rings (SSSR count). The Labute approximate surface area is 116 Å². The summed E-state index contributed by atoms with van der Waals surface area (Å²) in [4.78, 5) is 35.5. The zero-order valence-corrected chi connectivity index (χ0v) is 11.1. The van der Waals surface area contributed by atoms with E-state index in [1.54, 1.807) is 31.2 Å². The van der Waals surface area contributed by atoms with E-state index in [9.17, 15) is 19.5 Å². The molecule has 0 aromatic heterocycles. The summed E-state index contributed by atoms with van der Waals surface area (Å²) >= 11 is 0. The van der Waals surface area contributed by atoms with E-state index in [-0.39, 0.29) is 13.0 Å². The molecule has 1 fully saturated rings. The molecule has 1 N–H and O–H groups in total. The molecule has 1 unspecified atom stereocenters. The summed E-state index contributed by atoms with van der Waals surface area (Å²) in [5.41, 5.74) is 0.740. The molecule has 0 saturated carbocycles. The van der Waals surface area contributed by atoms with Crippen LogP contribution in [0.4, 0.5) is 9.59 Å². The van der Waals surface area contributed by atoms with Crippen LogP contribution in [-0.2, 0) is 16.1 Å². The average Bonchev–Trinajstić information content (AvgIpc) is 2.74. The van der Waals surface area contributed by atoms with Crippen LogP contribution in [0.3, 0.4) is 0 Å². The Balaban J connectivity index is 2.17. The third kappa shape index (κ3) is 2.18. The zero-order chi connectivity index (χ0) is 14.8. The van der Waals surface area contributed by atoms with Crippen molar-refractivity contribution in [3.8, 4) is 0 Å². The number of likely N-dealkylation sites (tertiary alicyclic amines) is 1. The molecular formula is C14H16NO5+. The Kier molecular flexibility index (Phi) is 3.85. The third-order valence-corrected chi connectivity index (χ3v) is 3.63. The minimum atomic E-state index is -1.47. The van der Waals surface area contributed by atoms with Gasteiger partial charge in [0.1, 0.15) is 12.6 Å². The fourth-order valence-electron chi connectivity index (χ4n) is 2.42. The highest BCUT2D eigenvalue weighted by molar-refractivity contribution is 5.94. The molecule has 0 spiro atoms. The van der Waals surface area contributed by atoms with Gasteiger partial charge in [-0.1, -0.05) is 34.8 Å². The molecule has 6 heteroatoms. The molecule has 0 radical (unpaired) electrons. The molecule has 20 heavy (non-hydrogen) atoms. The van der Waals surface area contributed by atoms with Crippen LogP contribution in [0.5, 0.6) is 0 Å². The Morgan fingerprint density at radius 2 is 2.00 bits per heavy atom. The Morgan fingerprint density at radius 3 is 2.50 bits per heavy atom. The molecule has 1 aromatic carbocycles. The fourth-order valence-corrected chi connectivity index (χ4v) is 2.42. The SMILES string of the molecule is C[C@@H]1CCC(=O)[N+]1(C(=O)O)C(=O)OCc1ccccc1. The van der Waals surface area contributed by atoms with Crippen molar-refractivity contribution < 1.29 is 28.7 Å². The minimum Gasteiger partial charge on any atom is -0.435 e.